The van der Waals surface area contributed by atoms with Crippen LogP contribution in [0.25, 0.3) is 0 Å². The van der Waals surface area contributed by atoms with Gasteiger partial charge in [-0.15, -0.1) is 0 Å². The summed E-state index contributed by atoms with van der Waals surface area (Å²) in [6.07, 6.45) is 1.16. The van der Waals surface area contributed by atoms with Crippen molar-refractivity contribution in [3.63, 3.8) is 0 Å². The molecule has 0 saturated carbocycles. The molecule has 0 aromatic carbocycles. The van der Waals surface area contributed by atoms with Gasteiger partial charge in [-0.3, -0.25) is 5.21 Å². The van der Waals surface area contributed by atoms with E-state index in [2.05, 4.69) is 0 Å². The number of hydrogen-bond donors (Lipinski definition) is 1. The predicted molar refractivity (Wildman–Crippen MR) is 49.6 cm³/mol. The zero-order valence-electron chi connectivity index (χ0n) is 8.62. The highest BCUT2D eigenvalue weighted by Gasteiger charge is 2.12. The molecule has 0 saturated heterocycles. The molecule has 78 valence electrons. The second-order valence-corrected chi connectivity index (χ2v) is 3.44. The summed E-state index contributed by atoms with van der Waals surface area (Å²) in [6, 6.07) is 0. The fourth-order valence-corrected chi connectivity index (χ4v) is 0.799. The average molecular weight is 189 g/mol. The van der Waals surface area contributed by atoms with Gasteiger partial charge in [0.2, 0.25) is 0 Å². The average Bonchev–Trinajstić information content (AvgIpc) is 2.03. The fourth-order valence-electron chi connectivity index (χ4n) is 0.799. The zero-order chi connectivity index (χ0) is 10.3. The standard InChI is InChI=1S/C9H19NO3/c1-4-5-6-13-9(11)10(12)7-8(2)3/h8,12H,4-7H2,1-3H3. The third-order valence-corrected chi connectivity index (χ3v) is 1.47. The summed E-state index contributed by atoms with van der Waals surface area (Å²) in [5.74, 6) is 0.240. The van der Waals surface area contributed by atoms with Crippen molar-refractivity contribution in [1.29, 1.82) is 0 Å². The minimum Gasteiger partial charge on any atom is -0.448 e. The maximum Gasteiger partial charge on any atom is 0.433 e. The molecule has 4 heteroatoms. The van der Waals surface area contributed by atoms with Gasteiger partial charge in [0, 0.05) is 0 Å². The van der Waals surface area contributed by atoms with Crippen LogP contribution in [-0.4, -0.2) is 29.5 Å². The van der Waals surface area contributed by atoms with Crippen molar-refractivity contribution in [3.8, 4) is 0 Å². The minimum absolute atomic E-state index is 0.240. The second kappa shape index (κ2) is 6.71. The quantitative estimate of drug-likeness (QED) is 0.410. The second-order valence-electron chi connectivity index (χ2n) is 3.44. The van der Waals surface area contributed by atoms with Crippen molar-refractivity contribution >= 4 is 6.09 Å². The highest BCUT2D eigenvalue weighted by molar-refractivity contribution is 5.65. The fraction of sp³-hybridized carbons (Fsp3) is 0.889. The lowest BCUT2D eigenvalue weighted by Gasteiger charge is -2.16. The van der Waals surface area contributed by atoms with Crippen LogP contribution < -0.4 is 0 Å². The van der Waals surface area contributed by atoms with Gasteiger partial charge in [0.1, 0.15) is 0 Å². The summed E-state index contributed by atoms with van der Waals surface area (Å²) in [5, 5.41) is 9.77. The molecule has 0 heterocycles. The molecule has 0 aliphatic carbocycles. The van der Waals surface area contributed by atoms with Crippen molar-refractivity contribution in [3.05, 3.63) is 0 Å². The lowest BCUT2D eigenvalue weighted by molar-refractivity contribution is -0.0808. The van der Waals surface area contributed by atoms with E-state index in [0.717, 1.165) is 12.8 Å². The van der Waals surface area contributed by atoms with Crippen LogP contribution in [0.1, 0.15) is 33.6 Å². The first-order valence-corrected chi connectivity index (χ1v) is 4.71. The molecule has 0 radical (unpaired) electrons. The molecule has 13 heavy (non-hydrogen) atoms. The first-order valence-electron chi connectivity index (χ1n) is 4.71. The van der Waals surface area contributed by atoms with Crippen LogP contribution in [-0.2, 0) is 4.74 Å². The number of carbonyl (C=O) groups is 1. The third kappa shape index (κ3) is 6.40. The van der Waals surface area contributed by atoms with Gasteiger partial charge in [0.15, 0.2) is 0 Å². The Morgan fingerprint density at radius 1 is 1.54 bits per heavy atom. The number of carbonyl (C=O) groups excluding carboxylic acids is 1. The molecule has 0 atom stereocenters. The first kappa shape index (κ1) is 12.2. The van der Waals surface area contributed by atoms with Crippen molar-refractivity contribution < 1.29 is 14.7 Å². The van der Waals surface area contributed by atoms with E-state index in [0.29, 0.717) is 18.2 Å². The van der Waals surface area contributed by atoms with Crippen molar-refractivity contribution in [2.75, 3.05) is 13.2 Å². The molecule has 0 aliphatic rings. The topological polar surface area (TPSA) is 49.8 Å². The lowest BCUT2D eigenvalue weighted by atomic mass is 10.2. The van der Waals surface area contributed by atoms with Gasteiger partial charge in [-0.25, -0.2) is 4.79 Å². The maximum atomic E-state index is 11.0. The van der Waals surface area contributed by atoms with Gasteiger partial charge in [0.25, 0.3) is 0 Å². The van der Waals surface area contributed by atoms with Crippen LogP contribution in [0.15, 0.2) is 0 Å². The smallest absolute Gasteiger partial charge is 0.433 e. The Bertz CT molecular complexity index is 148. The van der Waals surface area contributed by atoms with Crippen LogP contribution in [0.5, 0.6) is 0 Å². The van der Waals surface area contributed by atoms with Gasteiger partial charge in [-0.05, 0) is 12.3 Å². The molecular formula is C9H19NO3. The van der Waals surface area contributed by atoms with Crippen LogP contribution >= 0.6 is 0 Å². The van der Waals surface area contributed by atoms with Crippen LogP contribution in [0.2, 0.25) is 0 Å². The molecular weight excluding hydrogens is 170 g/mol. The Labute approximate surface area is 79.4 Å². The predicted octanol–water partition coefficient (Wildman–Crippen LogP) is 2.27. The molecule has 0 aromatic rings. The van der Waals surface area contributed by atoms with Gasteiger partial charge in [0.05, 0.1) is 13.2 Å². The summed E-state index contributed by atoms with van der Waals surface area (Å²) in [5.41, 5.74) is 0. The molecule has 1 amide bonds. The molecule has 0 aliphatic heterocycles. The summed E-state index contributed by atoms with van der Waals surface area (Å²) in [4.78, 5) is 11.0. The highest BCUT2D eigenvalue weighted by atomic mass is 16.6. The molecule has 1 N–H and O–H groups in total. The van der Waals surface area contributed by atoms with E-state index in [1.807, 2.05) is 20.8 Å². The van der Waals surface area contributed by atoms with Gasteiger partial charge >= 0.3 is 6.09 Å². The van der Waals surface area contributed by atoms with Crippen LogP contribution in [0, 0.1) is 5.92 Å². The Morgan fingerprint density at radius 2 is 2.15 bits per heavy atom. The van der Waals surface area contributed by atoms with Crippen molar-refractivity contribution in [2.45, 2.75) is 33.6 Å². The molecule has 0 spiro atoms. The van der Waals surface area contributed by atoms with Crippen LogP contribution in [0.3, 0.4) is 0 Å². The Kier molecular flexibility index (Phi) is 6.32. The maximum absolute atomic E-state index is 11.0. The Morgan fingerprint density at radius 3 is 2.62 bits per heavy atom. The van der Waals surface area contributed by atoms with E-state index in [1.54, 1.807) is 0 Å². The van der Waals surface area contributed by atoms with Crippen molar-refractivity contribution in [1.82, 2.24) is 5.06 Å². The van der Waals surface area contributed by atoms with E-state index in [1.165, 1.54) is 0 Å². The van der Waals surface area contributed by atoms with Gasteiger partial charge < -0.3 is 4.74 Å². The van der Waals surface area contributed by atoms with Gasteiger partial charge in [-0.2, -0.15) is 5.06 Å². The normalized spacial score (nSPS) is 10.2. The number of unbranched alkanes of at least 4 members (excludes halogenated alkanes) is 1. The SMILES string of the molecule is CCCCOC(=O)N(O)CC(C)C. The lowest BCUT2D eigenvalue weighted by Crippen LogP contribution is -2.31. The third-order valence-electron chi connectivity index (χ3n) is 1.47. The first-order chi connectivity index (χ1) is 6.07. The number of rotatable bonds is 5. The number of ether oxygens (including phenoxy) is 1. The highest BCUT2D eigenvalue weighted by Crippen LogP contribution is 1.98. The molecule has 0 unspecified atom stereocenters. The number of amides is 1. The van der Waals surface area contributed by atoms with Gasteiger partial charge in [-0.1, -0.05) is 27.2 Å². The van der Waals surface area contributed by atoms with E-state index in [9.17, 15) is 4.79 Å². The molecule has 4 nitrogen and oxygen atoms in total. The summed E-state index contributed by atoms with van der Waals surface area (Å²) in [6.45, 7) is 6.54. The largest absolute Gasteiger partial charge is 0.448 e. The van der Waals surface area contributed by atoms with Crippen molar-refractivity contribution in [2.24, 2.45) is 5.92 Å². The Hall–Kier alpha value is -0.770. The van der Waals surface area contributed by atoms with E-state index in [-0.39, 0.29) is 5.92 Å². The molecule has 0 aromatic heterocycles. The monoisotopic (exact) mass is 189 g/mol. The van der Waals surface area contributed by atoms with E-state index in [4.69, 9.17) is 9.94 Å². The van der Waals surface area contributed by atoms with Crippen LogP contribution in [0.4, 0.5) is 4.79 Å². The minimum atomic E-state index is -0.651. The summed E-state index contributed by atoms with van der Waals surface area (Å²) < 4.78 is 4.78. The summed E-state index contributed by atoms with van der Waals surface area (Å²) in [7, 11) is 0. The molecule has 0 bridgehead atoms. The number of nitrogens with zero attached hydrogens (tertiary/aromatic N) is 1. The van der Waals surface area contributed by atoms with E-state index >= 15 is 0 Å². The molecule has 0 fully saturated rings. The van der Waals surface area contributed by atoms with E-state index < -0.39 is 6.09 Å². The summed E-state index contributed by atoms with van der Waals surface area (Å²) >= 11 is 0. The number of hydroxylamine groups is 2. The zero-order valence-corrected chi connectivity index (χ0v) is 8.62. The number of hydrogen-bond acceptors (Lipinski definition) is 3. The molecule has 0 rings (SSSR count). The Balaban J connectivity index is 3.57.